The van der Waals surface area contributed by atoms with Gasteiger partial charge >= 0.3 is 0 Å². The second-order valence-corrected chi connectivity index (χ2v) is 5.72. The van der Waals surface area contributed by atoms with Gasteiger partial charge in [-0.2, -0.15) is 0 Å². The van der Waals surface area contributed by atoms with Gasteiger partial charge in [-0.15, -0.1) is 35.3 Å². The minimum absolute atomic E-state index is 0. The lowest BCUT2D eigenvalue weighted by molar-refractivity contribution is 0.238. The minimum atomic E-state index is 0. The maximum absolute atomic E-state index is 9.03. The number of guanidine groups is 1. The van der Waals surface area contributed by atoms with Gasteiger partial charge in [-0.25, -0.2) is 9.98 Å². The van der Waals surface area contributed by atoms with Crippen LogP contribution in [0.15, 0.2) is 10.4 Å². The minimum Gasteiger partial charge on any atom is -0.396 e. The van der Waals surface area contributed by atoms with Gasteiger partial charge in [-0.05, 0) is 12.8 Å². The Kier molecular flexibility index (Phi) is 10.7. The number of aliphatic hydroxyl groups excluding tert-OH is 1. The molecule has 0 aliphatic carbocycles. The Labute approximate surface area is 148 Å². The Morgan fingerprint density at radius 1 is 1.48 bits per heavy atom. The molecule has 1 aromatic rings. The number of hydrogen-bond acceptors (Lipinski definition) is 5. The van der Waals surface area contributed by atoms with Gasteiger partial charge in [0.1, 0.15) is 0 Å². The highest BCUT2D eigenvalue weighted by Crippen LogP contribution is 2.18. The lowest BCUT2D eigenvalue weighted by atomic mass is 10.2. The fraction of sp³-hybridized carbons (Fsp3) is 0.692. The summed E-state index contributed by atoms with van der Waals surface area (Å²) in [5.41, 5.74) is 0.964. The third-order valence-electron chi connectivity index (χ3n) is 2.60. The highest BCUT2D eigenvalue weighted by molar-refractivity contribution is 14.0. The average molecular weight is 427 g/mol. The van der Waals surface area contributed by atoms with E-state index in [0.717, 1.165) is 23.3 Å². The molecular weight excluding hydrogens is 401 g/mol. The number of aliphatic imine (C=N–C) groups is 1. The predicted molar refractivity (Wildman–Crippen MR) is 101 cm³/mol. The molecule has 122 valence electrons. The van der Waals surface area contributed by atoms with Crippen LogP contribution in [0.4, 0.5) is 5.13 Å². The zero-order valence-electron chi connectivity index (χ0n) is 13.1. The van der Waals surface area contributed by atoms with Crippen LogP contribution in [0.5, 0.6) is 0 Å². The van der Waals surface area contributed by atoms with Crippen molar-refractivity contribution in [1.82, 2.24) is 15.6 Å². The third kappa shape index (κ3) is 7.82. The first-order chi connectivity index (χ1) is 9.56. The molecule has 1 rings (SSSR count). The first-order valence-corrected chi connectivity index (χ1v) is 7.69. The van der Waals surface area contributed by atoms with E-state index >= 15 is 0 Å². The summed E-state index contributed by atoms with van der Waals surface area (Å²) in [5, 5.41) is 18.4. The van der Waals surface area contributed by atoms with Crippen LogP contribution in [-0.4, -0.2) is 49.8 Å². The van der Waals surface area contributed by atoms with Gasteiger partial charge < -0.3 is 20.6 Å². The third-order valence-corrected chi connectivity index (χ3v) is 3.65. The lowest BCUT2D eigenvalue weighted by Gasteiger charge is -2.13. The van der Waals surface area contributed by atoms with Gasteiger partial charge in [-0.3, -0.25) is 0 Å². The van der Waals surface area contributed by atoms with Crippen molar-refractivity contribution in [2.45, 2.75) is 20.4 Å². The molecule has 0 radical (unpaired) electrons. The number of aliphatic hydroxyl groups is 1. The summed E-state index contributed by atoms with van der Waals surface area (Å²) in [6.45, 7) is 6.24. The van der Waals surface area contributed by atoms with Crippen LogP contribution in [0.25, 0.3) is 0 Å². The highest BCUT2D eigenvalue weighted by Gasteiger charge is 2.05. The zero-order chi connectivity index (χ0) is 15.0. The van der Waals surface area contributed by atoms with E-state index in [1.807, 2.05) is 38.2 Å². The van der Waals surface area contributed by atoms with Crippen molar-refractivity contribution in [2.24, 2.45) is 10.9 Å². The monoisotopic (exact) mass is 427 g/mol. The zero-order valence-corrected chi connectivity index (χ0v) is 16.2. The maximum Gasteiger partial charge on any atom is 0.191 e. The van der Waals surface area contributed by atoms with Crippen molar-refractivity contribution in [3.8, 4) is 0 Å². The first-order valence-electron chi connectivity index (χ1n) is 6.81. The summed E-state index contributed by atoms with van der Waals surface area (Å²) in [5.74, 6) is 0.964. The highest BCUT2D eigenvalue weighted by atomic mass is 127. The number of aromatic nitrogens is 1. The van der Waals surface area contributed by atoms with Crippen molar-refractivity contribution in [3.63, 3.8) is 0 Å². The molecule has 0 aliphatic rings. The number of rotatable bonds is 7. The summed E-state index contributed by atoms with van der Waals surface area (Å²) < 4.78 is 0. The molecule has 0 spiro atoms. The van der Waals surface area contributed by atoms with E-state index in [9.17, 15) is 0 Å². The Bertz CT molecular complexity index is 424. The number of halogens is 1. The van der Waals surface area contributed by atoms with Crippen molar-refractivity contribution in [3.05, 3.63) is 11.1 Å². The largest absolute Gasteiger partial charge is 0.396 e. The van der Waals surface area contributed by atoms with E-state index in [-0.39, 0.29) is 36.5 Å². The number of anilines is 1. The molecule has 0 saturated heterocycles. The molecule has 0 bridgehead atoms. The van der Waals surface area contributed by atoms with Crippen molar-refractivity contribution in [2.75, 3.05) is 38.7 Å². The molecule has 21 heavy (non-hydrogen) atoms. The fourth-order valence-electron chi connectivity index (χ4n) is 1.41. The molecule has 0 saturated carbocycles. The van der Waals surface area contributed by atoms with E-state index in [0.29, 0.717) is 13.1 Å². The number of nitrogens with zero attached hydrogens (tertiary/aromatic N) is 3. The average Bonchev–Trinajstić information content (AvgIpc) is 2.90. The SMILES string of the molecule is CCNC(=NCc1csc(N(C)C)n1)NCC(C)CO.I. The van der Waals surface area contributed by atoms with Crippen LogP contribution >= 0.6 is 35.3 Å². The van der Waals surface area contributed by atoms with Crippen LogP contribution in [0.2, 0.25) is 0 Å². The second-order valence-electron chi connectivity index (χ2n) is 4.88. The van der Waals surface area contributed by atoms with Crippen LogP contribution in [0, 0.1) is 5.92 Å². The van der Waals surface area contributed by atoms with Gasteiger partial charge in [0.2, 0.25) is 0 Å². The van der Waals surface area contributed by atoms with Crippen LogP contribution in [0.1, 0.15) is 19.5 Å². The number of thiazole rings is 1. The van der Waals surface area contributed by atoms with E-state index in [2.05, 4.69) is 20.6 Å². The quantitative estimate of drug-likeness (QED) is 0.350. The summed E-state index contributed by atoms with van der Waals surface area (Å²) in [7, 11) is 3.96. The summed E-state index contributed by atoms with van der Waals surface area (Å²) >= 11 is 1.62. The first kappa shape index (κ1) is 20.4. The Morgan fingerprint density at radius 2 is 2.19 bits per heavy atom. The maximum atomic E-state index is 9.03. The van der Waals surface area contributed by atoms with Gasteiger partial charge in [-0.1, -0.05) is 6.92 Å². The van der Waals surface area contributed by atoms with E-state index < -0.39 is 0 Å². The molecule has 0 aromatic carbocycles. The van der Waals surface area contributed by atoms with Gasteiger partial charge in [0.05, 0.1) is 12.2 Å². The number of nitrogens with one attached hydrogen (secondary N) is 2. The molecule has 0 aliphatic heterocycles. The standard InChI is InChI=1S/C13H25N5OS.HI/c1-5-14-12(15-6-10(2)8-19)16-7-11-9-20-13(17-11)18(3)4;/h9-10,19H,5-8H2,1-4H3,(H2,14,15,16);1H. The predicted octanol–water partition coefficient (Wildman–Crippen LogP) is 1.51. The molecular formula is C13H26IN5OS. The Balaban J connectivity index is 0.00000400. The smallest absolute Gasteiger partial charge is 0.191 e. The van der Waals surface area contributed by atoms with Crippen LogP contribution in [-0.2, 0) is 6.54 Å². The van der Waals surface area contributed by atoms with Crippen molar-refractivity contribution < 1.29 is 5.11 Å². The van der Waals surface area contributed by atoms with Crippen molar-refractivity contribution >= 4 is 46.4 Å². The van der Waals surface area contributed by atoms with E-state index in [1.54, 1.807) is 11.3 Å². The molecule has 0 amide bonds. The Hall–Kier alpha value is -0.610. The molecule has 1 aromatic heterocycles. The molecule has 0 fully saturated rings. The normalized spacial score (nSPS) is 12.5. The molecule has 6 nitrogen and oxygen atoms in total. The molecule has 1 unspecified atom stereocenters. The Morgan fingerprint density at radius 3 is 2.71 bits per heavy atom. The molecule has 1 atom stereocenters. The van der Waals surface area contributed by atoms with E-state index in [4.69, 9.17) is 5.11 Å². The van der Waals surface area contributed by atoms with Crippen LogP contribution < -0.4 is 15.5 Å². The molecule has 8 heteroatoms. The summed E-state index contributed by atoms with van der Waals surface area (Å²) in [6.07, 6.45) is 0. The molecule has 3 N–H and O–H groups in total. The van der Waals surface area contributed by atoms with Crippen molar-refractivity contribution in [1.29, 1.82) is 0 Å². The topological polar surface area (TPSA) is 72.8 Å². The second kappa shape index (κ2) is 11.0. The fourth-order valence-corrected chi connectivity index (χ4v) is 2.16. The molecule has 1 heterocycles. The lowest BCUT2D eigenvalue weighted by Crippen LogP contribution is -2.39. The van der Waals surface area contributed by atoms with Gasteiger partial charge in [0.25, 0.3) is 0 Å². The number of hydrogen-bond donors (Lipinski definition) is 3. The van der Waals surface area contributed by atoms with Gasteiger partial charge in [0, 0.05) is 39.2 Å². The summed E-state index contributed by atoms with van der Waals surface area (Å²) in [6, 6.07) is 0. The van der Waals surface area contributed by atoms with Crippen LogP contribution in [0.3, 0.4) is 0 Å². The van der Waals surface area contributed by atoms with E-state index in [1.165, 1.54) is 0 Å². The van der Waals surface area contributed by atoms with Gasteiger partial charge in [0.15, 0.2) is 11.1 Å². The summed E-state index contributed by atoms with van der Waals surface area (Å²) in [4.78, 5) is 11.0.